The van der Waals surface area contributed by atoms with Crippen LogP contribution < -0.4 is 4.74 Å². The van der Waals surface area contributed by atoms with Crippen molar-refractivity contribution in [3.05, 3.63) is 27.7 Å². The lowest BCUT2D eigenvalue weighted by Crippen LogP contribution is -2.06. The first kappa shape index (κ1) is 14.6. The molecule has 0 saturated heterocycles. The first-order valence-electron chi connectivity index (χ1n) is 5.31. The van der Waals surface area contributed by atoms with E-state index in [0.29, 0.717) is 28.0 Å². The molecule has 0 amide bonds. The molecule has 94 valence electrons. The molecule has 1 rings (SSSR count). The minimum atomic E-state index is -0.115. The predicted molar refractivity (Wildman–Crippen MR) is 71.9 cm³/mol. The molecule has 5 heteroatoms. The van der Waals surface area contributed by atoms with Gasteiger partial charge in [-0.2, -0.15) is 0 Å². The smallest absolute Gasteiger partial charge is 0.167 e. The van der Waals surface area contributed by atoms with E-state index in [1.165, 1.54) is 0 Å². The zero-order chi connectivity index (χ0) is 12.8. The Labute approximate surface area is 116 Å². The third kappa shape index (κ3) is 4.06. The third-order valence-electron chi connectivity index (χ3n) is 2.08. The summed E-state index contributed by atoms with van der Waals surface area (Å²) < 4.78 is 5.49. The molecular formula is C12H13Cl3O2. The molecule has 0 aromatic heterocycles. The maximum Gasteiger partial charge on any atom is 0.167 e. The summed E-state index contributed by atoms with van der Waals surface area (Å²) in [6, 6.07) is 3.12. The highest BCUT2D eigenvalue weighted by atomic mass is 35.5. The van der Waals surface area contributed by atoms with Crippen molar-refractivity contribution in [3.63, 3.8) is 0 Å². The van der Waals surface area contributed by atoms with Crippen molar-refractivity contribution in [3.8, 4) is 5.75 Å². The van der Waals surface area contributed by atoms with Crippen LogP contribution in [0.4, 0.5) is 0 Å². The van der Waals surface area contributed by atoms with E-state index in [2.05, 4.69) is 0 Å². The van der Waals surface area contributed by atoms with Crippen LogP contribution >= 0.6 is 34.8 Å². The molecular weight excluding hydrogens is 282 g/mol. The second-order valence-corrected chi connectivity index (χ2v) is 4.70. The van der Waals surface area contributed by atoms with Crippen LogP contribution in [0.1, 0.15) is 30.1 Å². The molecule has 17 heavy (non-hydrogen) atoms. The summed E-state index contributed by atoms with van der Waals surface area (Å²) >= 11 is 17.5. The lowest BCUT2D eigenvalue weighted by Gasteiger charge is -2.12. The summed E-state index contributed by atoms with van der Waals surface area (Å²) in [5.41, 5.74) is 0.400. The van der Waals surface area contributed by atoms with Crippen LogP contribution in [0.15, 0.2) is 12.1 Å². The van der Waals surface area contributed by atoms with E-state index in [-0.39, 0.29) is 18.1 Å². The van der Waals surface area contributed by atoms with E-state index in [0.717, 1.165) is 6.42 Å². The molecule has 0 radical (unpaired) electrons. The van der Waals surface area contributed by atoms with Gasteiger partial charge in [0.1, 0.15) is 5.75 Å². The second-order valence-electron chi connectivity index (χ2n) is 3.47. The lowest BCUT2D eigenvalue weighted by atomic mass is 10.1. The van der Waals surface area contributed by atoms with Gasteiger partial charge in [-0.25, -0.2) is 0 Å². The van der Waals surface area contributed by atoms with Gasteiger partial charge in [0, 0.05) is 17.3 Å². The summed E-state index contributed by atoms with van der Waals surface area (Å²) in [6.07, 6.45) is 1.07. The first-order chi connectivity index (χ1) is 8.10. The number of carbonyl (C=O) groups is 1. The van der Waals surface area contributed by atoms with E-state index in [1.807, 2.05) is 6.92 Å². The van der Waals surface area contributed by atoms with Crippen molar-refractivity contribution in [1.82, 2.24) is 0 Å². The Morgan fingerprint density at radius 2 is 2.06 bits per heavy atom. The molecule has 0 aliphatic carbocycles. The molecule has 1 aromatic rings. The van der Waals surface area contributed by atoms with Crippen LogP contribution in [-0.2, 0) is 0 Å². The number of benzene rings is 1. The van der Waals surface area contributed by atoms with Gasteiger partial charge < -0.3 is 4.74 Å². The lowest BCUT2D eigenvalue weighted by molar-refractivity contribution is 0.0985. The van der Waals surface area contributed by atoms with Crippen molar-refractivity contribution in [2.24, 2.45) is 0 Å². The third-order valence-corrected chi connectivity index (χ3v) is 2.77. The summed E-state index contributed by atoms with van der Waals surface area (Å²) in [4.78, 5) is 11.9. The molecule has 0 unspecified atom stereocenters. The molecule has 2 nitrogen and oxygen atoms in total. The number of rotatable bonds is 6. The van der Waals surface area contributed by atoms with Crippen molar-refractivity contribution < 1.29 is 9.53 Å². The molecule has 0 aliphatic rings. The van der Waals surface area contributed by atoms with Crippen LogP contribution in [0.5, 0.6) is 5.75 Å². The van der Waals surface area contributed by atoms with E-state index in [4.69, 9.17) is 39.5 Å². The monoisotopic (exact) mass is 294 g/mol. The van der Waals surface area contributed by atoms with Crippen molar-refractivity contribution in [2.75, 3.05) is 12.5 Å². The second kappa shape index (κ2) is 7.10. The molecule has 0 bridgehead atoms. The van der Waals surface area contributed by atoms with Gasteiger partial charge in [-0.15, -0.1) is 11.6 Å². The van der Waals surface area contributed by atoms with Gasteiger partial charge in [0.15, 0.2) is 5.78 Å². The normalized spacial score (nSPS) is 10.4. The molecule has 1 aromatic carbocycles. The van der Waals surface area contributed by atoms with E-state index in [9.17, 15) is 4.79 Å². The molecule has 0 saturated carbocycles. The van der Waals surface area contributed by atoms with Crippen molar-refractivity contribution in [2.45, 2.75) is 19.8 Å². The summed E-state index contributed by atoms with van der Waals surface area (Å²) in [5, 5.41) is 0.764. The number of ether oxygens (including phenoxy) is 1. The molecule has 0 atom stereocenters. The fraction of sp³-hybridized carbons (Fsp3) is 0.417. The molecule has 0 aliphatic heterocycles. The van der Waals surface area contributed by atoms with Gasteiger partial charge >= 0.3 is 0 Å². The van der Waals surface area contributed by atoms with Crippen LogP contribution in [-0.4, -0.2) is 18.3 Å². The summed E-state index contributed by atoms with van der Waals surface area (Å²) in [5.74, 6) is 0.541. The fourth-order valence-electron chi connectivity index (χ4n) is 1.34. The Morgan fingerprint density at radius 1 is 1.35 bits per heavy atom. The number of ketones is 1. The molecule has 0 heterocycles. The first-order valence-corrected chi connectivity index (χ1v) is 6.60. The Hall–Kier alpha value is -0.440. The Morgan fingerprint density at radius 3 is 2.65 bits per heavy atom. The maximum absolute atomic E-state index is 11.9. The van der Waals surface area contributed by atoms with Gasteiger partial charge in [-0.3, -0.25) is 4.79 Å². The highest BCUT2D eigenvalue weighted by Crippen LogP contribution is 2.33. The number of Topliss-reactive ketones (excluding diaryl/α,β-unsaturated/α-hetero) is 1. The van der Waals surface area contributed by atoms with Crippen molar-refractivity contribution in [1.29, 1.82) is 0 Å². The largest absolute Gasteiger partial charge is 0.491 e. The molecule has 0 fully saturated rings. The van der Waals surface area contributed by atoms with Gasteiger partial charge in [-0.05, 0) is 18.6 Å². The van der Waals surface area contributed by atoms with E-state index >= 15 is 0 Å². The number of hydrogen-bond acceptors (Lipinski definition) is 2. The minimum absolute atomic E-state index is 0.115. The van der Waals surface area contributed by atoms with Crippen LogP contribution in [0, 0.1) is 0 Å². The van der Waals surface area contributed by atoms with Gasteiger partial charge in [0.2, 0.25) is 0 Å². The Kier molecular flexibility index (Phi) is 6.10. The Bertz CT molecular complexity index is 405. The SMILES string of the molecule is CCCOc1c(Cl)cc(Cl)cc1C(=O)CCCl. The number of halogens is 3. The van der Waals surface area contributed by atoms with Crippen LogP contribution in [0.2, 0.25) is 10.0 Å². The average molecular weight is 296 g/mol. The Balaban J connectivity index is 3.10. The number of carbonyl (C=O) groups excluding carboxylic acids is 1. The van der Waals surface area contributed by atoms with E-state index < -0.39 is 0 Å². The standard InChI is InChI=1S/C12H13Cl3O2/c1-2-5-17-12-9(11(16)3-4-13)6-8(14)7-10(12)15/h6-7H,2-5H2,1H3. The fourth-order valence-corrected chi connectivity index (χ4v) is 2.06. The average Bonchev–Trinajstić information content (AvgIpc) is 2.27. The molecule has 0 N–H and O–H groups in total. The maximum atomic E-state index is 11.9. The molecule has 0 spiro atoms. The van der Waals surface area contributed by atoms with Gasteiger partial charge in [0.25, 0.3) is 0 Å². The number of alkyl halides is 1. The zero-order valence-electron chi connectivity index (χ0n) is 9.43. The topological polar surface area (TPSA) is 26.3 Å². The van der Waals surface area contributed by atoms with Crippen LogP contribution in [0.3, 0.4) is 0 Å². The number of hydrogen-bond donors (Lipinski definition) is 0. The minimum Gasteiger partial charge on any atom is -0.491 e. The van der Waals surface area contributed by atoms with Crippen molar-refractivity contribution >= 4 is 40.6 Å². The zero-order valence-corrected chi connectivity index (χ0v) is 11.7. The van der Waals surface area contributed by atoms with Gasteiger partial charge in [-0.1, -0.05) is 30.1 Å². The van der Waals surface area contributed by atoms with E-state index in [1.54, 1.807) is 12.1 Å². The predicted octanol–water partition coefficient (Wildman–Crippen LogP) is 4.59. The highest BCUT2D eigenvalue weighted by molar-refractivity contribution is 6.36. The quantitative estimate of drug-likeness (QED) is 0.566. The highest BCUT2D eigenvalue weighted by Gasteiger charge is 2.16. The summed E-state index contributed by atoms with van der Waals surface area (Å²) in [6.45, 7) is 2.48. The summed E-state index contributed by atoms with van der Waals surface area (Å²) in [7, 11) is 0. The van der Waals surface area contributed by atoms with Crippen LogP contribution in [0.25, 0.3) is 0 Å². The van der Waals surface area contributed by atoms with Gasteiger partial charge in [0.05, 0.1) is 17.2 Å².